The number of likely N-dealkylation sites (tertiary alicyclic amines) is 1. The summed E-state index contributed by atoms with van der Waals surface area (Å²) in [5.41, 5.74) is 0. The molecule has 0 bridgehead atoms. The maximum absolute atomic E-state index is 12.4. The molecule has 1 aliphatic carbocycles. The average Bonchev–Trinajstić information content (AvgIpc) is 3.40. The Morgan fingerprint density at radius 2 is 1.78 bits per heavy atom. The first-order chi connectivity index (χ1) is 13.0. The SMILES string of the molecule is O=C(COc1cc(Cl)c(Cl)cc1Cl)N1CCC(c2nc(C3CC3)n[nH]2)CC1. The molecule has 27 heavy (non-hydrogen) atoms. The zero-order valence-corrected chi connectivity index (χ0v) is 16.8. The Hall–Kier alpha value is -1.50. The summed E-state index contributed by atoms with van der Waals surface area (Å²) in [6.07, 6.45) is 4.09. The highest BCUT2D eigenvalue weighted by atomic mass is 35.5. The monoisotopic (exact) mass is 428 g/mol. The second kappa shape index (κ2) is 7.86. The van der Waals surface area contributed by atoms with E-state index >= 15 is 0 Å². The number of amides is 1. The Bertz CT molecular complexity index is 845. The lowest BCUT2D eigenvalue weighted by atomic mass is 9.96. The van der Waals surface area contributed by atoms with Gasteiger partial charge in [0.15, 0.2) is 12.4 Å². The van der Waals surface area contributed by atoms with E-state index in [2.05, 4.69) is 15.2 Å². The molecule has 1 aromatic carbocycles. The molecule has 1 saturated carbocycles. The molecular weight excluding hydrogens is 411 g/mol. The molecule has 0 spiro atoms. The number of nitrogens with one attached hydrogen (secondary N) is 1. The van der Waals surface area contributed by atoms with Crippen LogP contribution in [0.1, 0.15) is 49.2 Å². The number of aromatic amines is 1. The fourth-order valence-corrected chi connectivity index (χ4v) is 3.83. The highest BCUT2D eigenvalue weighted by Gasteiger charge is 2.30. The number of H-pyrrole nitrogens is 1. The zero-order valence-electron chi connectivity index (χ0n) is 14.6. The molecule has 0 atom stereocenters. The van der Waals surface area contributed by atoms with Gasteiger partial charge in [0.05, 0.1) is 15.1 Å². The summed E-state index contributed by atoms with van der Waals surface area (Å²) in [4.78, 5) is 18.9. The van der Waals surface area contributed by atoms with E-state index in [9.17, 15) is 4.79 Å². The normalized spacial score (nSPS) is 18.0. The fraction of sp³-hybridized carbons (Fsp3) is 0.500. The Morgan fingerprint density at radius 1 is 1.07 bits per heavy atom. The number of hydrogen-bond acceptors (Lipinski definition) is 4. The molecule has 6 nitrogen and oxygen atoms in total. The molecule has 144 valence electrons. The Kier molecular flexibility index (Phi) is 5.48. The first kappa shape index (κ1) is 18.8. The van der Waals surface area contributed by atoms with Gasteiger partial charge in [-0.15, -0.1) is 0 Å². The van der Waals surface area contributed by atoms with Crippen LogP contribution >= 0.6 is 34.8 Å². The van der Waals surface area contributed by atoms with E-state index in [1.54, 1.807) is 4.90 Å². The highest BCUT2D eigenvalue weighted by molar-refractivity contribution is 6.43. The number of carbonyl (C=O) groups is 1. The van der Waals surface area contributed by atoms with Crippen LogP contribution in [0.5, 0.6) is 5.75 Å². The van der Waals surface area contributed by atoms with E-state index in [0.717, 1.165) is 24.5 Å². The summed E-state index contributed by atoms with van der Waals surface area (Å²) < 4.78 is 5.54. The minimum absolute atomic E-state index is 0.0770. The summed E-state index contributed by atoms with van der Waals surface area (Å²) in [5.74, 6) is 3.02. The Morgan fingerprint density at radius 3 is 2.48 bits per heavy atom. The number of ether oxygens (including phenoxy) is 1. The standard InChI is InChI=1S/C18H19Cl3N4O2/c19-12-7-14(21)15(8-13(12)20)27-9-16(26)25-5-3-11(4-6-25)18-22-17(23-24-18)10-1-2-10/h7-8,10-11H,1-6,9H2,(H,22,23,24). The zero-order chi connectivity index (χ0) is 19.0. The molecule has 2 fully saturated rings. The van der Waals surface area contributed by atoms with Crippen molar-refractivity contribution in [3.8, 4) is 5.75 Å². The summed E-state index contributed by atoms with van der Waals surface area (Å²) in [6.45, 7) is 1.25. The molecule has 1 aromatic heterocycles. The second-order valence-electron chi connectivity index (χ2n) is 6.99. The second-order valence-corrected chi connectivity index (χ2v) is 8.22. The summed E-state index contributed by atoms with van der Waals surface area (Å²) in [7, 11) is 0. The third-order valence-electron chi connectivity index (χ3n) is 5.02. The van der Waals surface area contributed by atoms with Crippen molar-refractivity contribution in [2.45, 2.75) is 37.5 Å². The molecule has 4 rings (SSSR count). The van der Waals surface area contributed by atoms with Crippen LogP contribution in [0, 0.1) is 0 Å². The van der Waals surface area contributed by atoms with Crippen LogP contribution in [0.25, 0.3) is 0 Å². The van der Waals surface area contributed by atoms with E-state index < -0.39 is 0 Å². The van der Waals surface area contributed by atoms with Gasteiger partial charge in [0, 0.05) is 31.0 Å². The van der Waals surface area contributed by atoms with Crippen LogP contribution in [-0.4, -0.2) is 45.7 Å². The first-order valence-corrected chi connectivity index (χ1v) is 10.1. The largest absolute Gasteiger partial charge is 0.482 e. The van der Waals surface area contributed by atoms with Crippen LogP contribution < -0.4 is 4.74 Å². The van der Waals surface area contributed by atoms with Crippen molar-refractivity contribution < 1.29 is 9.53 Å². The topological polar surface area (TPSA) is 71.1 Å². The van der Waals surface area contributed by atoms with Crippen molar-refractivity contribution >= 4 is 40.7 Å². The maximum Gasteiger partial charge on any atom is 0.260 e. The van der Waals surface area contributed by atoms with Crippen LogP contribution in [0.3, 0.4) is 0 Å². The molecule has 2 aliphatic rings. The molecule has 1 amide bonds. The van der Waals surface area contributed by atoms with Gasteiger partial charge in [0.25, 0.3) is 5.91 Å². The smallest absolute Gasteiger partial charge is 0.260 e. The minimum atomic E-state index is -0.0868. The van der Waals surface area contributed by atoms with E-state index in [1.807, 2.05) is 0 Å². The molecule has 1 saturated heterocycles. The first-order valence-electron chi connectivity index (χ1n) is 8.98. The van der Waals surface area contributed by atoms with Crippen molar-refractivity contribution in [2.75, 3.05) is 19.7 Å². The van der Waals surface area contributed by atoms with E-state index in [4.69, 9.17) is 39.5 Å². The van der Waals surface area contributed by atoms with Gasteiger partial charge in [0.2, 0.25) is 0 Å². The Balaban J connectivity index is 1.28. The molecule has 1 aliphatic heterocycles. The van der Waals surface area contributed by atoms with Gasteiger partial charge < -0.3 is 9.64 Å². The average molecular weight is 430 g/mol. The molecule has 9 heteroatoms. The predicted molar refractivity (Wildman–Crippen MR) is 104 cm³/mol. The van der Waals surface area contributed by atoms with Crippen molar-refractivity contribution in [1.82, 2.24) is 20.1 Å². The molecular formula is C18H19Cl3N4O2. The van der Waals surface area contributed by atoms with E-state index in [-0.39, 0.29) is 12.5 Å². The number of hydrogen-bond donors (Lipinski definition) is 1. The number of piperidine rings is 1. The van der Waals surface area contributed by atoms with Crippen molar-refractivity contribution in [2.24, 2.45) is 0 Å². The molecule has 2 heterocycles. The van der Waals surface area contributed by atoms with Crippen molar-refractivity contribution in [1.29, 1.82) is 0 Å². The third kappa shape index (κ3) is 4.33. The van der Waals surface area contributed by atoms with Gasteiger partial charge in [-0.25, -0.2) is 4.98 Å². The van der Waals surface area contributed by atoms with Crippen molar-refractivity contribution in [3.05, 3.63) is 38.8 Å². The number of nitrogens with zero attached hydrogens (tertiary/aromatic N) is 3. The Labute approximate surface area is 172 Å². The molecule has 1 N–H and O–H groups in total. The highest BCUT2D eigenvalue weighted by Crippen LogP contribution is 2.38. The van der Waals surface area contributed by atoms with Crippen LogP contribution in [0.2, 0.25) is 15.1 Å². The number of carbonyl (C=O) groups excluding carboxylic acids is 1. The molecule has 0 unspecified atom stereocenters. The van der Waals surface area contributed by atoms with Crippen LogP contribution in [-0.2, 0) is 4.79 Å². The fourth-order valence-electron chi connectivity index (χ4n) is 3.24. The predicted octanol–water partition coefficient (Wildman–Crippen LogP) is 4.43. The lowest BCUT2D eigenvalue weighted by Gasteiger charge is -2.31. The van der Waals surface area contributed by atoms with Gasteiger partial charge in [-0.1, -0.05) is 34.8 Å². The summed E-state index contributed by atoms with van der Waals surface area (Å²) in [6, 6.07) is 3.02. The lowest BCUT2D eigenvalue weighted by molar-refractivity contribution is -0.134. The van der Waals surface area contributed by atoms with Gasteiger partial charge >= 0.3 is 0 Å². The van der Waals surface area contributed by atoms with Crippen LogP contribution in [0.15, 0.2) is 12.1 Å². The van der Waals surface area contributed by atoms with Gasteiger partial charge in [0.1, 0.15) is 11.6 Å². The number of benzene rings is 1. The number of rotatable bonds is 5. The van der Waals surface area contributed by atoms with Gasteiger partial charge in [-0.05, 0) is 31.7 Å². The minimum Gasteiger partial charge on any atom is -0.482 e. The quantitative estimate of drug-likeness (QED) is 0.714. The van der Waals surface area contributed by atoms with Crippen molar-refractivity contribution in [3.63, 3.8) is 0 Å². The van der Waals surface area contributed by atoms with Gasteiger partial charge in [-0.3, -0.25) is 9.89 Å². The maximum atomic E-state index is 12.4. The molecule has 0 radical (unpaired) electrons. The number of aromatic nitrogens is 3. The van der Waals surface area contributed by atoms with E-state index in [0.29, 0.717) is 45.7 Å². The molecule has 2 aromatic rings. The summed E-state index contributed by atoms with van der Waals surface area (Å²) in [5, 5.41) is 8.41. The van der Waals surface area contributed by atoms with E-state index in [1.165, 1.54) is 25.0 Å². The van der Waals surface area contributed by atoms with Gasteiger partial charge in [-0.2, -0.15) is 5.10 Å². The third-order valence-corrected chi connectivity index (χ3v) is 6.04. The lowest BCUT2D eigenvalue weighted by Crippen LogP contribution is -2.40. The summed E-state index contributed by atoms with van der Waals surface area (Å²) >= 11 is 17.9. The number of halogens is 3. The van der Waals surface area contributed by atoms with Crippen LogP contribution in [0.4, 0.5) is 0 Å².